The van der Waals surface area contributed by atoms with Gasteiger partial charge < -0.3 is 15.6 Å². The van der Waals surface area contributed by atoms with Crippen LogP contribution in [-0.2, 0) is 5.41 Å². The van der Waals surface area contributed by atoms with Crippen LogP contribution in [0, 0.1) is 5.41 Å². The molecule has 106 valence electrons. The molecule has 1 aliphatic heterocycles. The zero-order valence-electron chi connectivity index (χ0n) is 12.1. The highest BCUT2D eigenvalue weighted by atomic mass is 16.5. The van der Waals surface area contributed by atoms with E-state index >= 15 is 0 Å². The van der Waals surface area contributed by atoms with E-state index in [0.29, 0.717) is 13.2 Å². The number of nitrogens with two attached hydrogens (primary N) is 1. The molecule has 2 rings (SSSR count). The SMILES string of the molecule is CC(C)(C)CC(O)C1(CN)CCOc2ccccc21. The molecule has 0 saturated heterocycles. The fraction of sp³-hybridized carbons (Fsp3) is 0.625. The van der Waals surface area contributed by atoms with Crippen molar-refractivity contribution in [1.82, 2.24) is 0 Å². The lowest BCUT2D eigenvalue weighted by molar-refractivity contribution is 0.0248. The van der Waals surface area contributed by atoms with Crippen LogP contribution < -0.4 is 10.5 Å². The summed E-state index contributed by atoms with van der Waals surface area (Å²) in [5.41, 5.74) is 6.82. The van der Waals surface area contributed by atoms with Gasteiger partial charge in [0.15, 0.2) is 0 Å². The van der Waals surface area contributed by atoms with Gasteiger partial charge in [-0.15, -0.1) is 0 Å². The quantitative estimate of drug-likeness (QED) is 0.881. The summed E-state index contributed by atoms with van der Waals surface area (Å²) >= 11 is 0. The molecule has 0 radical (unpaired) electrons. The van der Waals surface area contributed by atoms with Crippen molar-refractivity contribution in [3.8, 4) is 5.75 Å². The number of fused-ring (bicyclic) bond motifs is 1. The summed E-state index contributed by atoms with van der Waals surface area (Å²) in [7, 11) is 0. The Balaban J connectivity index is 2.39. The van der Waals surface area contributed by atoms with Crippen LogP contribution in [0.3, 0.4) is 0 Å². The van der Waals surface area contributed by atoms with Crippen LogP contribution in [0.15, 0.2) is 24.3 Å². The van der Waals surface area contributed by atoms with Gasteiger partial charge in [0, 0.05) is 17.5 Å². The fourth-order valence-corrected chi connectivity index (χ4v) is 2.95. The van der Waals surface area contributed by atoms with Crippen molar-refractivity contribution in [2.45, 2.75) is 45.1 Å². The molecule has 1 aromatic carbocycles. The number of hydrogen-bond acceptors (Lipinski definition) is 3. The molecule has 19 heavy (non-hydrogen) atoms. The molecule has 0 aliphatic carbocycles. The minimum Gasteiger partial charge on any atom is -0.493 e. The highest BCUT2D eigenvalue weighted by molar-refractivity contribution is 5.42. The van der Waals surface area contributed by atoms with Crippen molar-refractivity contribution in [3.63, 3.8) is 0 Å². The van der Waals surface area contributed by atoms with Crippen molar-refractivity contribution >= 4 is 0 Å². The standard InChI is InChI=1S/C16H25NO2/c1-15(2,3)10-14(18)16(11-17)8-9-19-13-7-5-4-6-12(13)16/h4-7,14,18H,8-11,17H2,1-3H3. The largest absolute Gasteiger partial charge is 0.493 e. The van der Waals surface area contributed by atoms with Gasteiger partial charge in [0.2, 0.25) is 0 Å². The number of para-hydroxylation sites is 1. The first-order valence-corrected chi connectivity index (χ1v) is 6.99. The van der Waals surface area contributed by atoms with Gasteiger partial charge >= 0.3 is 0 Å². The average Bonchev–Trinajstić information content (AvgIpc) is 2.36. The Morgan fingerprint density at radius 2 is 2.05 bits per heavy atom. The molecule has 0 saturated carbocycles. The van der Waals surface area contributed by atoms with Gasteiger partial charge in [0.25, 0.3) is 0 Å². The van der Waals surface area contributed by atoms with E-state index in [-0.39, 0.29) is 10.8 Å². The average molecular weight is 263 g/mol. The van der Waals surface area contributed by atoms with E-state index in [0.717, 1.165) is 24.2 Å². The highest BCUT2D eigenvalue weighted by Gasteiger charge is 2.43. The van der Waals surface area contributed by atoms with Crippen molar-refractivity contribution in [2.75, 3.05) is 13.2 Å². The molecule has 2 atom stereocenters. The molecule has 0 bridgehead atoms. The predicted molar refractivity (Wildman–Crippen MR) is 77.4 cm³/mol. The second-order valence-electron chi connectivity index (χ2n) is 6.74. The molecule has 1 aromatic rings. The monoisotopic (exact) mass is 263 g/mol. The van der Waals surface area contributed by atoms with Crippen LogP contribution >= 0.6 is 0 Å². The summed E-state index contributed by atoms with van der Waals surface area (Å²) in [5.74, 6) is 0.868. The Bertz CT molecular complexity index is 439. The zero-order valence-corrected chi connectivity index (χ0v) is 12.1. The third-order valence-corrected chi connectivity index (χ3v) is 4.04. The smallest absolute Gasteiger partial charge is 0.123 e. The fourth-order valence-electron chi connectivity index (χ4n) is 2.95. The molecular weight excluding hydrogens is 238 g/mol. The lowest BCUT2D eigenvalue weighted by Gasteiger charge is -2.43. The Morgan fingerprint density at radius 3 is 2.68 bits per heavy atom. The van der Waals surface area contributed by atoms with E-state index in [1.54, 1.807) is 0 Å². The first-order chi connectivity index (χ1) is 8.89. The van der Waals surface area contributed by atoms with E-state index < -0.39 is 6.10 Å². The zero-order chi connectivity index (χ0) is 14.1. The van der Waals surface area contributed by atoms with E-state index in [1.807, 2.05) is 24.3 Å². The van der Waals surface area contributed by atoms with Gasteiger partial charge in [-0.25, -0.2) is 0 Å². The van der Waals surface area contributed by atoms with Crippen LogP contribution in [0.25, 0.3) is 0 Å². The summed E-state index contributed by atoms with van der Waals surface area (Å²) < 4.78 is 5.69. The minimum absolute atomic E-state index is 0.0782. The van der Waals surface area contributed by atoms with Gasteiger partial charge in [-0.05, 0) is 24.3 Å². The third-order valence-electron chi connectivity index (χ3n) is 4.04. The van der Waals surface area contributed by atoms with Crippen LogP contribution in [-0.4, -0.2) is 24.4 Å². The van der Waals surface area contributed by atoms with E-state index in [9.17, 15) is 5.11 Å². The molecule has 3 heteroatoms. The number of rotatable bonds is 3. The maximum atomic E-state index is 10.8. The van der Waals surface area contributed by atoms with Gasteiger partial charge in [0.05, 0.1) is 12.7 Å². The first kappa shape index (κ1) is 14.4. The lowest BCUT2D eigenvalue weighted by Crippen LogP contribution is -2.50. The molecule has 0 fully saturated rings. The molecule has 0 aromatic heterocycles. The Labute approximate surface area is 115 Å². The molecule has 3 N–H and O–H groups in total. The number of ether oxygens (including phenoxy) is 1. The van der Waals surface area contributed by atoms with E-state index in [1.165, 1.54) is 0 Å². The number of aliphatic hydroxyl groups excluding tert-OH is 1. The minimum atomic E-state index is -0.442. The first-order valence-electron chi connectivity index (χ1n) is 6.99. The summed E-state index contributed by atoms with van der Waals surface area (Å²) in [6, 6.07) is 7.94. The Morgan fingerprint density at radius 1 is 1.37 bits per heavy atom. The third kappa shape index (κ3) is 2.77. The lowest BCUT2D eigenvalue weighted by atomic mass is 9.68. The van der Waals surface area contributed by atoms with E-state index in [2.05, 4.69) is 20.8 Å². The molecule has 0 amide bonds. The van der Waals surface area contributed by atoms with Crippen molar-refractivity contribution < 1.29 is 9.84 Å². The number of aliphatic hydroxyl groups is 1. The van der Waals surface area contributed by atoms with Crippen molar-refractivity contribution in [1.29, 1.82) is 0 Å². The second kappa shape index (κ2) is 5.14. The molecule has 1 aliphatic rings. The summed E-state index contributed by atoms with van der Waals surface area (Å²) in [6.07, 6.45) is 1.07. The predicted octanol–water partition coefficient (Wildman–Crippen LogP) is 2.46. The molecule has 0 spiro atoms. The summed E-state index contributed by atoms with van der Waals surface area (Å²) in [6.45, 7) is 7.50. The Hall–Kier alpha value is -1.06. The molecule has 1 heterocycles. The van der Waals surface area contributed by atoms with Gasteiger partial charge in [-0.2, -0.15) is 0 Å². The van der Waals surface area contributed by atoms with E-state index in [4.69, 9.17) is 10.5 Å². The Kier molecular flexibility index (Phi) is 3.88. The highest BCUT2D eigenvalue weighted by Crippen LogP contribution is 2.43. The normalized spacial score (nSPS) is 24.5. The van der Waals surface area contributed by atoms with Crippen LogP contribution in [0.2, 0.25) is 0 Å². The van der Waals surface area contributed by atoms with Crippen LogP contribution in [0.4, 0.5) is 0 Å². The number of benzene rings is 1. The van der Waals surface area contributed by atoms with Gasteiger partial charge in [-0.3, -0.25) is 0 Å². The molecule has 3 nitrogen and oxygen atoms in total. The van der Waals surface area contributed by atoms with Crippen molar-refractivity contribution in [2.24, 2.45) is 11.1 Å². The van der Waals surface area contributed by atoms with Crippen LogP contribution in [0.5, 0.6) is 5.75 Å². The summed E-state index contributed by atoms with van der Waals surface area (Å²) in [5, 5.41) is 10.8. The molecular formula is C16H25NO2. The maximum absolute atomic E-state index is 10.8. The van der Waals surface area contributed by atoms with Crippen LogP contribution in [0.1, 0.15) is 39.2 Å². The summed E-state index contributed by atoms with van der Waals surface area (Å²) in [4.78, 5) is 0. The van der Waals surface area contributed by atoms with Gasteiger partial charge in [-0.1, -0.05) is 39.0 Å². The second-order valence-corrected chi connectivity index (χ2v) is 6.74. The number of hydrogen-bond donors (Lipinski definition) is 2. The van der Waals surface area contributed by atoms with Crippen molar-refractivity contribution in [3.05, 3.63) is 29.8 Å². The maximum Gasteiger partial charge on any atom is 0.123 e. The van der Waals surface area contributed by atoms with Gasteiger partial charge in [0.1, 0.15) is 5.75 Å². The molecule has 2 unspecified atom stereocenters. The topological polar surface area (TPSA) is 55.5 Å².